The zero-order chi connectivity index (χ0) is 14.2. The molecule has 104 valence electrons. The Balaban J connectivity index is 2.95. The van der Waals surface area contributed by atoms with Crippen molar-refractivity contribution in [3.8, 4) is 0 Å². The molecule has 1 N–H and O–H groups in total. The van der Waals surface area contributed by atoms with Crippen LogP contribution in [0.4, 0.5) is 0 Å². The summed E-state index contributed by atoms with van der Waals surface area (Å²) in [6.45, 7) is 6.40. The van der Waals surface area contributed by atoms with Crippen molar-refractivity contribution < 1.29 is 0 Å². The van der Waals surface area contributed by atoms with Gasteiger partial charge in [0.25, 0.3) is 5.56 Å². The molecule has 0 saturated carbocycles. The van der Waals surface area contributed by atoms with E-state index in [1.165, 1.54) is 4.57 Å². The molecular formula is C12H17ClN4O2. The van der Waals surface area contributed by atoms with Gasteiger partial charge >= 0.3 is 5.69 Å². The van der Waals surface area contributed by atoms with Crippen molar-refractivity contribution in [2.45, 2.75) is 45.7 Å². The van der Waals surface area contributed by atoms with Crippen molar-refractivity contribution in [1.82, 2.24) is 19.1 Å². The number of imidazole rings is 1. The van der Waals surface area contributed by atoms with Crippen molar-refractivity contribution in [1.29, 1.82) is 0 Å². The molecule has 0 aliphatic heterocycles. The first-order chi connectivity index (χ1) is 9.04. The Hall–Kier alpha value is -1.56. The molecule has 0 aromatic carbocycles. The van der Waals surface area contributed by atoms with Gasteiger partial charge in [-0.3, -0.25) is 14.3 Å². The lowest BCUT2D eigenvalue weighted by Gasteiger charge is -2.12. The molecule has 0 amide bonds. The summed E-state index contributed by atoms with van der Waals surface area (Å²) in [4.78, 5) is 30.7. The summed E-state index contributed by atoms with van der Waals surface area (Å²) >= 11 is 5.86. The van der Waals surface area contributed by atoms with Gasteiger partial charge in [0.15, 0.2) is 11.2 Å². The van der Waals surface area contributed by atoms with Crippen LogP contribution >= 0.6 is 11.6 Å². The Morgan fingerprint density at radius 1 is 1.37 bits per heavy atom. The molecule has 2 rings (SSSR count). The van der Waals surface area contributed by atoms with E-state index in [4.69, 9.17) is 11.6 Å². The Morgan fingerprint density at radius 2 is 2.05 bits per heavy atom. The van der Waals surface area contributed by atoms with Crippen LogP contribution in [0.3, 0.4) is 0 Å². The van der Waals surface area contributed by atoms with Crippen molar-refractivity contribution in [2.24, 2.45) is 0 Å². The fraction of sp³-hybridized carbons (Fsp3) is 0.583. The van der Waals surface area contributed by atoms with Crippen LogP contribution in [0.15, 0.2) is 9.59 Å². The van der Waals surface area contributed by atoms with Crippen LogP contribution in [0.1, 0.15) is 39.1 Å². The predicted octanol–water partition coefficient (Wildman–Crippen LogP) is 1.62. The van der Waals surface area contributed by atoms with Gasteiger partial charge in [0.05, 0.1) is 5.88 Å². The second-order valence-corrected chi connectivity index (χ2v) is 4.73. The summed E-state index contributed by atoms with van der Waals surface area (Å²) < 4.78 is 3.28. The molecule has 2 heterocycles. The SMILES string of the molecule is CCC(C)n1c(=O)[nH]c(=O)c2c1nc(CCl)n2CC. The fourth-order valence-electron chi connectivity index (χ4n) is 2.22. The van der Waals surface area contributed by atoms with E-state index in [1.54, 1.807) is 4.57 Å². The number of fused-ring (bicyclic) bond motifs is 1. The first-order valence-corrected chi connectivity index (χ1v) is 6.88. The highest BCUT2D eigenvalue weighted by molar-refractivity contribution is 6.16. The number of H-pyrrole nitrogens is 1. The van der Waals surface area contributed by atoms with Gasteiger partial charge in [0.1, 0.15) is 5.82 Å². The minimum Gasteiger partial charge on any atom is -0.321 e. The Kier molecular flexibility index (Phi) is 3.80. The predicted molar refractivity (Wildman–Crippen MR) is 74.8 cm³/mol. The molecule has 1 unspecified atom stereocenters. The molecule has 0 fully saturated rings. The molecule has 7 heteroatoms. The Bertz CT molecular complexity index is 713. The zero-order valence-electron chi connectivity index (χ0n) is 11.2. The first-order valence-electron chi connectivity index (χ1n) is 6.34. The smallest absolute Gasteiger partial charge is 0.321 e. The van der Waals surface area contributed by atoms with E-state index in [1.807, 2.05) is 20.8 Å². The maximum absolute atomic E-state index is 12.0. The van der Waals surface area contributed by atoms with Crippen LogP contribution in [0.25, 0.3) is 11.2 Å². The largest absolute Gasteiger partial charge is 0.330 e. The number of aryl methyl sites for hydroxylation is 1. The number of hydrogen-bond acceptors (Lipinski definition) is 3. The molecule has 2 aromatic rings. The van der Waals surface area contributed by atoms with Crippen LogP contribution in [0.2, 0.25) is 0 Å². The third-order valence-electron chi connectivity index (χ3n) is 3.38. The maximum Gasteiger partial charge on any atom is 0.330 e. The molecule has 0 bridgehead atoms. The summed E-state index contributed by atoms with van der Waals surface area (Å²) in [5.41, 5.74) is -0.00218. The van der Waals surface area contributed by atoms with E-state index >= 15 is 0 Å². The van der Waals surface area contributed by atoms with Gasteiger partial charge in [0, 0.05) is 12.6 Å². The summed E-state index contributed by atoms with van der Waals surface area (Å²) in [6.07, 6.45) is 0.774. The number of halogens is 1. The number of aromatic amines is 1. The summed E-state index contributed by atoms with van der Waals surface area (Å²) in [5, 5.41) is 0. The van der Waals surface area contributed by atoms with E-state index in [-0.39, 0.29) is 11.9 Å². The normalized spacial score (nSPS) is 13.1. The molecule has 0 aliphatic rings. The van der Waals surface area contributed by atoms with E-state index in [0.717, 1.165) is 6.42 Å². The molecule has 1 atom stereocenters. The highest BCUT2D eigenvalue weighted by Crippen LogP contribution is 2.17. The van der Waals surface area contributed by atoms with Gasteiger partial charge in [-0.1, -0.05) is 6.92 Å². The molecular weight excluding hydrogens is 268 g/mol. The summed E-state index contributed by atoms with van der Waals surface area (Å²) in [5.74, 6) is 0.809. The van der Waals surface area contributed by atoms with Gasteiger partial charge < -0.3 is 4.57 Å². The van der Waals surface area contributed by atoms with Crippen LogP contribution in [-0.4, -0.2) is 19.1 Å². The van der Waals surface area contributed by atoms with Crippen LogP contribution in [0.5, 0.6) is 0 Å². The van der Waals surface area contributed by atoms with E-state index in [2.05, 4.69) is 9.97 Å². The second-order valence-electron chi connectivity index (χ2n) is 4.46. The van der Waals surface area contributed by atoms with Crippen molar-refractivity contribution in [3.63, 3.8) is 0 Å². The number of hydrogen-bond donors (Lipinski definition) is 1. The summed E-state index contributed by atoms with van der Waals surface area (Å²) in [7, 11) is 0. The minimum atomic E-state index is -0.422. The monoisotopic (exact) mass is 284 g/mol. The fourth-order valence-corrected chi connectivity index (χ4v) is 2.43. The molecule has 0 aliphatic carbocycles. The van der Waals surface area contributed by atoms with Crippen LogP contribution < -0.4 is 11.2 Å². The Morgan fingerprint density at radius 3 is 2.58 bits per heavy atom. The van der Waals surface area contributed by atoms with Crippen molar-refractivity contribution in [2.75, 3.05) is 0 Å². The molecule has 0 radical (unpaired) electrons. The van der Waals surface area contributed by atoms with Gasteiger partial charge in [0.2, 0.25) is 0 Å². The maximum atomic E-state index is 12.0. The lowest BCUT2D eigenvalue weighted by atomic mass is 10.2. The zero-order valence-corrected chi connectivity index (χ0v) is 12.0. The number of aromatic nitrogens is 4. The Labute approximate surface area is 115 Å². The van der Waals surface area contributed by atoms with Gasteiger partial charge in [-0.05, 0) is 20.3 Å². The lowest BCUT2D eigenvalue weighted by Crippen LogP contribution is -2.32. The molecule has 0 spiro atoms. The molecule has 6 nitrogen and oxygen atoms in total. The van der Waals surface area contributed by atoms with E-state index in [9.17, 15) is 9.59 Å². The average molecular weight is 285 g/mol. The van der Waals surface area contributed by atoms with Gasteiger partial charge in [-0.15, -0.1) is 11.6 Å². The third-order valence-corrected chi connectivity index (χ3v) is 3.62. The van der Waals surface area contributed by atoms with Gasteiger partial charge in [-0.2, -0.15) is 0 Å². The number of rotatable bonds is 4. The van der Waals surface area contributed by atoms with Crippen LogP contribution in [-0.2, 0) is 12.4 Å². The minimum absolute atomic E-state index is 0.0322. The average Bonchev–Trinajstić information content (AvgIpc) is 2.76. The highest BCUT2D eigenvalue weighted by Gasteiger charge is 2.19. The second kappa shape index (κ2) is 5.21. The lowest BCUT2D eigenvalue weighted by molar-refractivity contribution is 0.517. The van der Waals surface area contributed by atoms with Crippen molar-refractivity contribution in [3.05, 3.63) is 26.7 Å². The van der Waals surface area contributed by atoms with E-state index < -0.39 is 11.2 Å². The quantitative estimate of drug-likeness (QED) is 0.867. The first kappa shape index (κ1) is 13.9. The molecule has 2 aromatic heterocycles. The third kappa shape index (κ3) is 2.10. The van der Waals surface area contributed by atoms with E-state index in [0.29, 0.717) is 23.5 Å². The van der Waals surface area contributed by atoms with Crippen molar-refractivity contribution >= 4 is 22.8 Å². The molecule has 19 heavy (non-hydrogen) atoms. The van der Waals surface area contributed by atoms with Crippen LogP contribution in [0, 0.1) is 0 Å². The summed E-state index contributed by atoms with van der Waals surface area (Å²) in [6, 6.07) is -0.0322. The number of alkyl halides is 1. The van der Waals surface area contributed by atoms with Gasteiger partial charge in [-0.25, -0.2) is 9.78 Å². The topological polar surface area (TPSA) is 72.7 Å². The number of nitrogens with one attached hydrogen (secondary N) is 1. The molecule has 0 saturated heterocycles. The highest BCUT2D eigenvalue weighted by atomic mass is 35.5. The standard InChI is InChI=1S/C12H17ClN4O2/c1-4-7(3)17-10-9(11(18)15-12(17)19)16(5-2)8(6-13)14-10/h7H,4-6H2,1-3H3,(H,15,18,19). The number of nitrogens with zero attached hydrogens (tertiary/aromatic N) is 3.